The lowest BCUT2D eigenvalue weighted by Crippen LogP contribution is -2.09. The fourth-order valence-electron chi connectivity index (χ4n) is 1.27. The molecule has 0 amide bonds. The van der Waals surface area contributed by atoms with Crippen molar-refractivity contribution in [1.29, 1.82) is 5.26 Å². The first kappa shape index (κ1) is 13.2. The van der Waals surface area contributed by atoms with Crippen molar-refractivity contribution in [2.75, 3.05) is 6.61 Å². The number of hydrogen-bond donors (Lipinski definition) is 0. The molecule has 0 saturated heterocycles. The lowest BCUT2D eigenvalue weighted by Gasteiger charge is -2.09. The Morgan fingerprint density at radius 3 is 2.75 bits per heavy atom. The molecule has 0 aliphatic rings. The van der Waals surface area contributed by atoms with Crippen LogP contribution in [0.15, 0.2) is 16.6 Å². The van der Waals surface area contributed by atoms with Crippen molar-refractivity contribution in [3.05, 3.63) is 33.3 Å². The summed E-state index contributed by atoms with van der Waals surface area (Å²) in [6.45, 7) is 2.06. The Kier molecular flexibility index (Phi) is 4.97. The fourth-order valence-corrected chi connectivity index (χ4v) is 2.33. The number of carbonyl (C=O) groups is 1. The maximum atomic E-state index is 11.7. The molecule has 1 aromatic carbocycles. The van der Waals surface area contributed by atoms with Gasteiger partial charge >= 0.3 is 5.97 Å². The molecule has 0 saturated carbocycles. The summed E-state index contributed by atoms with van der Waals surface area (Å²) in [4.78, 5) is 11.7. The molecule has 1 rings (SSSR count). The van der Waals surface area contributed by atoms with Gasteiger partial charge in [0.15, 0.2) is 0 Å². The van der Waals surface area contributed by atoms with Gasteiger partial charge in [-0.3, -0.25) is 0 Å². The van der Waals surface area contributed by atoms with Gasteiger partial charge in [-0.25, -0.2) is 4.79 Å². The van der Waals surface area contributed by atoms with E-state index >= 15 is 0 Å². The van der Waals surface area contributed by atoms with Gasteiger partial charge in [-0.05, 0) is 24.6 Å². The monoisotopic (exact) mass is 345 g/mol. The van der Waals surface area contributed by atoms with Crippen molar-refractivity contribution in [2.24, 2.45) is 0 Å². The average molecular weight is 347 g/mol. The molecular formula is C11H9Br2NO2. The van der Waals surface area contributed by atoms with Crippen molar-refractivity contribution in [3.63, 3.8) is 0 Å². The molecule has 0 bridgehead atoms. The molecular weight excluding hydrogens is 338 g/mol. The molecule has 0 heterocycles. The topological polar surface area (TPSA) is 50.1 Å². The summed E-state index contributed by atoms with van der Waals surface area (Å²) >= 11 is 6.53. The highest BCUT2D eigenvalue weighted by Crippen LogP contribution is 2.24. The third-order valence-electron chi connectivity index (χ3n) is 1.96. The first-order valence-electron chi connectivity index (χ1n) is 4.59. The number of benzene rings is 1. The third kappa shape index (κ3) is 2.83. The van der Waals surface area contributed by atoms with E-state index in [1.165, 1.54) is 0 Å². The second-order valence-corrected chi connectivity index (χ2v) is 4.42. The van der Waals surface area contributed by atoms with Crippen LogP contribution in [-0.2, 0) is 10.1 Å². The minimum Gasteiger partial charge on any atom is -0.462 e. The Bertz CT molecular complexity index is 452. The molecule has 0 aliphatic heterocycles. The van der Waals surface area contributed by atoms with Crippen LogP contribution in [0, 0.1) is 11.3 Å². The van der Waals surface area contributed by atoms with Crippen LogP contribution in [0.5, 0.6) is 0 Å². The highest BCUT2D eigenvalue weighted by molar-refractivity contribution is 9.10. The van der Waals surface area contributed by atoms with E-state index in [2.05, 4.69) is 37.9 Å². The van der Waals surface area contributed by atoms with Crippen LogP contribution in [0.2, 0.25) is 0 Å². The molecule has 1 aromatic rings. The summed E-state index contributed by atoms with van der Waals surface area (Å²) in [7, 11) is 0. The summed E-state index contributed by atoms with van der Waals surface area (Å²) in [6.07, 6.45) is 0. The van der Waals surface area contributed by atoms with Crippen molar-refractivity contribution in [3.8, 4) is 6.07 Å². The van der Waals surface area contributed by atoms with Gasteiger partial charge in [0.2, 0.25) is 0 Å². The van der Waals surface area contributed by atoms with E-state index in [1.807, 2.05) is 0 Å². The zero-order chi connectivity index (χ0) is 12.1. The highest BCUT2D eigenvalue weighted by atomic mass is 79.9. The second-order valence-electron chi connectivity index (χ2n) is 2.95. The van der Waals surface area contributed by atoms with Crippen LogP contribution < -0.4 is 0 Å². The first-order chi connectivity index (χ1) is 7.63. The third-order valence-corrected chi connectivity index (χ3v) is 2.98. The Hall–Kier alpha value is -0.860. The summed E-state index contributed by atoms with van der Waals surface area (Å²) in [5.74, 6) is -0.408. The Morgan fingerprint density at radius 2 is 2.25 bits per heavy atom. The normalized spacial score (nSPS) is 9.62. The van der Waals surface area contributed by atoms with Crippen LogP contribution in [0.1, 0.15) is 28.4 Å². The standard InChI is InChI=1S/C11H9Br2NO2/c1-2-16-11(15)9-4-8(13)3-7(6-14)10(9)5-12/h3-4H,2,5H2,1H3. The van der Waals surface area contributed by atoms with E-state index in [0.717, 1.165) is 0 Å². The zero-order valence-electron chi connectivity index (χ0n) is 8.59. The Labute approximate surface area is 111 Å². The number of ether oxygens (including phenoxy) is 1. The SMILES string of the molecule is CCOC(=O)c1cc(Br)cc(C#N)c1CBr. The largest absolute Gasteiger partial charge is 0.462 e. The van der Waals surface area contributed by atoms with E-state index in [4.69, 9.17) is 10.00 Å². The average Bonchev–Trinajstić information content (AvgIpc) is 2.28. The van der Waals surface area contributed by atoms with Crippen LogP contribution >= 0.6 is 31.9 Å². The van der Waals surface area contributed by atoms with Gasteiger partial charge < -0.3 is 4.74 Å². The molecule has 3 nitrogen and oxygen atoms in total. The van der Waals surface area contributed by atoms with E-state index in [9.17, 15) is 4.79 Å². The minimum atomic E-state index is -0.408. The molecule has 16 heavy (non-hydrogen) atoms. The molecule has 0 aromatic heterocycles. The number of carbonyl (C=O) groups excluding carboxylic acids is 1. The fraction of sp³-hybridized carbons (Fsp3) is 0.273. The number of esters is 1. The van der Waals surface area contributed by atoms with Crippen molar-refractivity contribution >= 4 is 37.8 Å². The quantitative estimate of drug-likeness (QED) is 0.622. The lowest BCUT2D eigenvalue weighted by atomic mass is 10.0. The summed E-state index contributed by atoms with van der Waals surface area (Å²) in [6, 6.07) is 5.40. The van der Waals surface area contributed by atoms with Crippen LogP contribution in [0.3, 0.4) is 0 Å². The predicted molar refractivity (Wildman–Crippen MR) is 67.4 cm³/mol. The second kappa shape index (κ2) is 6.02. The minimum absolute atomic E-state index is 0.314. The van der Waals surface area contributed by atoms with Gasteiger partial charge in [0.25, 0.3) is 0 Å². The van der Waals surface area contributed by atoms with Gasteiger partial charge in [0.1, 0.15) is 0 Å². The maximum absolute atomic E-state index is 11.7. The number of halogens is 2. The molecule has 0 atom stereocenters. The first-order valence-corrected chi connectivity index (χ1v) is 6.51. The van der Waals surface area contributed by atoms with E-state index in [1.54, 1.807) is 19.1 Å². The number of nitrogens with zero attached hydrogens (tertiary/aromatic N) is 1. The lowest BCUT2D eigenvalue weighted by molar-refractivity contribution is 0.0525. The van der Waals surface area contributed by atoms with Gasteiger partial charge in [-0.15, -0.1) is 0 Å². The molecule has 5 heteroatoms. The van der Waals surface area contributed by atoms with E-state index in [0.29, 0.717) is 33.1 Å². The zero-order valence-corrected chi connectivity index (χ0v) is 11.8. The maximum Gasteiger partial charge on any atom is 0.338 e. The molecule has 0 fully saturated rings. The van der Waals surface area contributed by atoms with Gasteiger partial charge in [-0.2, -0.15) is 5.26 Å². The highest BCUT2D eigenvalue weighted by Gasteiger charge is 2.16. The van der Waals surface area contributed by atoms with Gasteiger partial charge in [-0.1, -0.05) is 31.9 Å². The van der Waals surface area contributed by atoms with Crippen molar-refractivity contribution in [2.45, 2.75) is 12.3 Å². The van der Waals surface area contributed by atoms with E-state index in [-0.39, 0.29) is 0 Å². The van der Waals surface area contributed by atoms with Crippen LogP contribution in [0.25, 0.3) is 0 Å². The number of nitriles is 1. The van der Waals surface area contributed by atoms with Crippen molar-refractivity contribution in [1.82, 2.24) is 0 Å². The Morgan fingerprint density at radius 1 is 1.56 bits per heavy atom. The predicted octanol–water partition coefficient (Wildman–Crippen LogP) is 3.39. The summed E-state index contributed by atoms with van der Waals surface area (Å²) in [5, 5.41) is 9.41. The number of hydrogen-bond acceptors (Lipinski definition) is 3. The Balaban J connectivity index is 3.32. The van der Waals surface area contributed by atoms with Gasteiger partial charge in [0.05, 0.1) is 23.8 Å². The van der Waals surface area contributed by atoms with E-state index < -0.39 is 5.97 Å². The molecule has 0 unspecified atom stereocenters. The number of rotatable bonds is 3. The molecule has 0 aliphatic carbocycles. The summed E-state index contributed by atoms with van der Waals surface area (Å²) < 4.78 is 5.63. The van der Waals surface area contributed by atoms with Crippen molar-refractivity contribution < 1.29 is 9.53 Å². The van der Waals surface area contributed by atoms with Crippen LogP contribution in [0.4, 0.5) is 0 Å². The summed E-state index contributed by atoms with van der Waals surface area (Å²) in [5.41, 5.74) is 1.54. The van der Waals surface area contributed by atoms with Gasteiger partial charge in [0, 0.05) is 9.80 Å². The molecule has 84 valence electrons. The number of alkyl halides is 1. The molecule has 0 radical (unpaired) electrons. The molecule has 0 spiro atoms. The van der Waals surface area contributed by atoms with Crippen LogP contribution in [-0.4, -0.2) is 12.6 Å². The smallest absolute Gasteiger partial charge is 0.338 e. The molecule has 0 N–H and O–H groups in total.